The smallest absolute Gasteiger partial charge is 0.413 e. The normalized spacial score (nSPS) is 24.4. The second kappa shape index (κ2) is 4.64. The summed E-state index contributed by atoms with van der Waals surface area (Å²) in [5.74, 6) is 0. The molecule has 1 rings (SSSR count). The Bertz CT molecular complexity index is 318. The Morgan fingerprint density at radius 2 is 2.12 bits per heavy atom. The molecule has 0 aromatic heterocycles. The number of carbonyl (C=O) groups excluding carboxylic acids is 1. The summed E-state index contributed by atoms with van der Waals surface area (Å²) in [4.78, 5) is 17.7. The molecule has 1 atom stereocenters. The highest BCUT2D eigenvalue weighted by molar-refractivity contribution is 5.77. The molecule has 0 saturated carbocycles. The number of nitrogens with zero attached hydrogens (tertiary/aromatic N) is 2. The Morgan fingerprint density at radius 1 is 1.53 bits per heavy atom. The lowest BCUT2D eigenvalue weighted by atomic mass is 10.2. The Balaban J connectivity index is 2.86. The molecule has 0 radical (unpaired) electrons. The van der Waals surface area contributed by atoms with Crippen molar-refractivity contribution in [1.29, 1.82) is 0 Å². The molecule has 1 unspecified atom stereocenters. The van der Waals surface area contributed by atoms with Crippen LogP contribution in [0.15, 0.2) is 4.99 Å². The first-order valence-electron chi connectivity index (χ1n) is 5.76. The zero-order valence-corrected chi connectivity index (χ0v) is 11.5. The van der Waals surface area contributed by atoms with Crippen LogP contribution < -0.4 is 0 Å². The summed E-state index contributed by atoms with van der Waals surface area (Å²) < 4.78 is 11.0. The van der Waals surface area contributed by atoms with E-state index in [0.29, 0.717) is 6.61 Å². The van der Waals surface area contributed by atoms with Gasteiger partial charge in [0.05, 0.1) is 12.6 Å². The van der Waals surface area contributed by atoms with E-state index in [1.54, 1.807) is 18.2 Å². The van der Waals surface area contributed by atoms with Gasteiger partial charge in [-0.1, -0.05) is 0 Å². The van der Waals surface area contributed by atoms with E-state index in [1.807, 2.05) is 34.6 Å². The van der Waals surface area contributed by atoms with Crippen molar-refractivity contribution in [2.75, 3.05) is 13.7 Å². The van der Waals surface area contributed by atoms with Crippen molar-refractivity contribution in [3.05, 3.63) is 0 Å². The lowest BCUT2D eigenvalue weighted by molar-refractivity contribution is -0.0604. The largest absolute Gasteiger partial charge is 0.444 e. The van der Waals surface area contributed by atoms with Gasteiger partial charge in [0.2, 0.25) is 0 Å². The Labute approximate surface area is 103 Å². The Kier molecular flexibility index (Phi) is 3.81. The lowest BCUT2D eigenvalue weighted by Crippen LogP contribution is -2.50. The molecule has 1 aliphatic heterocycles. The zero-order valence-electron chi connectivity index (χ0n) is 11.5. The van der Waals surface area contributed by atoms with E-state index in [4.69, 9.17) is 9.47 Å². The van der Waals surface area contributed by atoms with Gasteiger partial charge >= 0.3 is 6.09 Å². The molecule has 0 aliphatic carbocycles. The average Bonchev–Trinajstić information content (AvgIpc) is 2.39. The fraction of sp³-hybridized carbons (Fsp3) is 0.833. The first-order chi connectivity index (χ1) is 7.67. The standard InChI is InChI=1S/C12H22N2O3/c1-11(2,3)17-10(15)14-9(7-13-6)8-16-12(14,4)5/h7,9H,8H2,1-6H3. The summed E-state index contributed by atoms with van der Waals surface area (Å²) in [7, 11) is 1.68. The third kappa shape index (κ3) is 3.43. The third-order valence-corrected chi connectivity index (χ3v) is 2.43. The molecule has 0 bridgehead atoms. The summed E-state index contributed by atoms with van der Waals surface area (Å²) in [6.45, 7) is 9.68. The van der Waals surface area contributed by atoms with Gasteiger partial charge < -0.3 is 9.47 Å². The number of ether oxygens (including phenoxy) is 2. The van der Waals surface area contributed by atoms with E-state index in [0.717, 1.165) is 0 Å². The summed E-state index contributed by atoms with van der Waals surface area (Å²) >= 11 is 0. The zero-order chi connectivity index (χ0) is 13.3. The van der Waals surface area contributed by atoms with Crippen molar-refractivity contribution in [3.8, 4) is 0 Å². The molecule has 1 heterocycles. The number of hydrogen-bond acceptors (Lipinski definition) is 4. The summed E-state index contributed by atoms with van der Waals surface area (Å²) in [5.41, 5.74) is -1.17. The third-order valence-electron chi connectivity index (χ3n) is 2.43. The van der Waals surface area contributed by atoms with Crippen LogP contribution in [-0.2, 0) is 9.47 Å². The fourth-order valence-electron chi connectivity index (χ4n) is 1.78. The number of aliphatic imine (C=N–C) groups is 1. The van der Waals surface area contributed by atoms with E-state index in [-0.39, 0.29) is 12.1 Å². The maximum atomic E-state index is 12.1. The molecule has 17 heavy (non-hydrogen) atoms. The molecule has 1 aliphatic rings. The second-order valence-corrected chi connectivity index (χ2v) is 5.58. The molecule has 5 heteroatoms. The molecule has 1 saturated heterocycles. The second-order valence-electron chi connectivity index (χ2n) is 5.58. The van der Waals surface area contributed by atoms with Gasteiger partial charge in [-0.25, -0.2) is 4.79 Å². The molecular formula is C12H22N2O3. The number of amides is 1. The van der Waals surface area contributed by atoms with E-state index >= 15 is 0 Å². The minimum atomic E-state index is -0.659. The first kappa shape index (κ1) is 14.0. The Morgan fingerprint density at radius 3 is 2.59 bits per heavy atom. The van der Waals surface area contributed by atoms with E-state index in [2.05, 4.69) is 4.99 Å². The van der Waals surface area contributed by atoms with Gasteiger partial charge in [-0.05, 0) is 34.6 Å². The van der Waals surface area contributed by atoms with Crippen LogP contribution in [0.2, 0.25) is 0 Å². The van der Waals surface area contributed by atoms with E-state index in [9.17, 15) is 4.79 Å². The highest BCUT2D eigenvalue weighted by atomic mass is 16.6. The van der Waals surface area contributed by atoms with Crippen molar-refractivity contribution < 1.29 is 14.3 Å². The van der Waals surface area contributed by atoms with E-state index in [1.165, 1.54) is 0 Å². The van der Waals surface area contributed by atoms with Gasteiger partial charge in [-0.2, -0.15) is 0 Å². The average molecular weight is 242 g/mol. The molecule has 0 aromatic carbocycles. The van der Waals surface area contributed by atoms with Crippen LogP contribution in [0.1, 0.15) is 34.6 Å². The molecule has 1 amide bonds. The maximum absolute atomic E-state index is 12.1. The van der Waals surface area contributed by atoms with Gasteiger partial charge in [0.25, 0.3) is 0 Å². The van der Waals surface area contributed by atoms with Crippen LogP contribution in [0, 0.1) is 0 Å². The van der Waals surface area contributed by atoms with Crippen molar-refractivity contribution in [3.63, 3.8) is 0 Å². The number of rotatable bonds is 1. The van der Waals surface area contributed by atoms with Crippen LogP contribution in [0.25, 0.3) is 0 Å². The monoisotopic (exact) mass is 242 g/mol. The topological polar surface area (TPSA) is 51.1 Å². The summed E-state index contributed by atoms with van der Waals surface area (Å²) in [6, 6.07) is -0.162. The predicted octanol–water partition coefficient (Wildman–Crippen LogP) is 2.06. The maximum Gasteiger partial charge on any atom is 0.413 e. The van der Waals surface area contributed by atoms with Gasteiger partial charge in [0.1, 0.15) is 11.3 Å². The summed E-state index contributed by atoms with van der Waals surface area (Å²) in [5, 5.41) is 0. The molecule has 0 N–H and O–H groups in total. The van der Waals surface area contributed by atoms with Crippen LogP contribution in [-0.4, -0.2) is 48.2 Å². The van der Waals surface area contributed by atoms with Crippen LogP contribution in [0.3, 0.4) is 0 Å². The minimum absolute atomic E-state index is 0.162. The van der Waals surface area contributed by atoms with Crippen LogP contribution >= 0.6 is 0 Å². The van der Waals surface area contributed by atoms with Gasteiger partial charge in [0, 0.05) is 13.3 Å². The van der Waals surface area contributed by atoms with Gasteiger partial charge in [0.15, 0.2) is 0 Å². The number of carbonyl (C=O) groups is 1. The van der Waals surface area contributed by atoms with Crippen LogP contribution in [0.5, 0.6) is 0 Å². The molecule has 0 aromatic rings. The summed E-state index contributed by atoms with van der Waals surface area (Å²) in [6.07, 6.45) is 1.34. The SMILES string of the molecule is CN=CC1COC(C)(C)N1C(=O)OC(C)(C)C. The highest BCUT2D eigenvalue weighted by Gasteiger charge is 2.44. The highest BCUT2D eigenvalue weighted by Crippen LogP contribution is 2.28. The Hall–Kier alpha value is -1.10. The fourth-order valence-corrected chi connectivity index (χ4v) is 1.78. The predicted molar refractivity (Wildman–Crippen MR) is 66.3 cm³/mol. The van der Waals surface area contributed by atoms with Crippen molar-refractivity contribution in [2.24, 2.45) is 4.99 Å². The first-order valence-corrected chi connectivity index (χ1v) is 5.76. The van der Waals surface area contributed by atoms with E-state index < -0.39 is 11.3 Å². The van der Waals surface area contributed by atoms with Gasteiger partial charge in [-0.15, -0.1) is 0 Å². The molecule has 1 fully saturated rings. The minimum Gasteiger partial charge on any atom is -0.444 e. The molecule has 98 valence electrons. The van der Waals surface area contributed by atoms with Crippen molar-refractivity contribution in [2.45, 2.75) is 52.0 Å². The molecular weight excluding hydrogens is 220 g/mol. The van der Waals surface area contributed by atoms with Crippen molar-refractivity contribution >= 4 is 12.3 Å². The number of hydrogen-bond donors (Lipinski definition) is 0. The van der Waals surface area contributed by atoms with Gasteiger partial charge in [-0.3, -0.25) is 9.89 Å². The molecule has 5 nitrogen and oxygen atoms in total. The van der Waals surface area contributed by atoms with Crippen LogP contribution in [0.4, 0.5) is 4.79 Å². The van der Waals surface area contributed by atoms with Crippen molar-refractivity contribution in [1.82, 2.24) is 4.90 Å². The lowest BCUT2D eigenvalue weighted by Gasteiger charge is -2.34. The molecule has 0 spiro atoms. The quantitative estimate of drug-likeness (QED) is 0.661.